The molecular weight excluding hydrogens is 310 g/mol. The first-order valence-corrected chi connectivity index (χ1v) is 6.68. The van der Waals surface area contributed by atoms with E-state index in [9.17, 15) is 4.79 Å². The predicted molar refractivity (Wildman–Crippen MR) is 77.1 cm³/mol. The topological polar surface area (TPSA) is 71.3 Å². The van der Waals surface area contributed by atoms with Gasteiger partial charge in [-0.3, -0.25) is 4.79 Å². The first kappa shape index (κ1) is 13.8. The molecule has 7 heteroatoms. The summed E-state index contributed by atoms with van der Waals surface area (Å²) in [6.45, 7) is 5.97. The summed E-state index contributed by atoms with van der Waals surface area (Å²) in [4.78, 5) is 20.2. The van der Waals surface area contributed by atoms with Crippen molar-refractivity contribution in [3.05, 3.63) is 23.2 Å². The van der Waals surface area contributed by atoms with Crippen molar-refractivity contribution in [2.45, 2.75) is 26.3 Å². The molecule has 0 bridgehead atoms. The van der Waals surface area contributed by atoms with Gasteiger partial charge in [-0.1, -0.05) is 0 Å². The molecular formula is C12H16BrN5O. The molecule has 2 aromatic heterocycles. The van der Waals surface area contributed by atoms with E-state index in [2.05, 4.69) is 36.5 Å². The average molecular weight is 326 g/mol. The number of imidazole rings is 1. The lowest BCUT2D eigenvalue weighted by Gasteiger charge is -2.20. The van der Waals surface area contributed by atoms with Crippen LogP contribution in [0.2, 0.25) is 0 Å². The Bertz CT molecular complexity index is 602. The number of aromatic nitrogens is 3. The van der Waals surface area contributed by atoms with Crippen LogP contribution in [-0.2, 0) is 4.79 Å². The second kappa shape index (κ2) is 5.16. The van der Waals surface area contributed by atoms with Crippen LogP contribution >= 0.6 is 15.9 Å². The lowest BCUT2D eigenvalue weighted by atomic mass is 10.1. The molecule has 0 atom stereocenters. The average Bonchev–Trinajstić information content (AvgIpc) is 2.71. The van der Waals surface area contributed by atoms with Crippen molar-refractivity contribution in [2.24, 2.45) is 0 Å². The largest absolute Gasteiger partial charge is 0.358 e. The Morgan fingerprint density at radius 2 is 2.21 bits per heavy atom. The second-order valence-corrected chi connectivity index (χ2v) is 6.03. The van der Waals surface area contributed by atoms with Gasteiger partial charge in [-0.25, -0.2) is 9.97 Å². The van der Waals surface area contributed by atoms with Crippen molar-refractivity contribution in [1.29, 1.82) is 0 Å². The van der Waals surface area contributed by atoms with E-state index in [0.29, 0.717) is 16.1 Å². The molecule has 0 aliphatic carbocycles. The summed E-state index contributed by atoms with van der Waals surface area (Å²) in [5, 5.41) is 5.88. The van der Waals surface area contributed by atoms with E-state index >= 15 is 0 Å². The maximum Gasteiger partial charge on any atom is 0.239 e. The number of fused-ring (bicyclic) bond motifs is 1. The number of nitrogens with one attached hydrogen (secondary N) is 2. The summed E-state index contributed by atoms with van der Waals surface area (Å²) in [6.07, 6.45) is 5.31. The molecule has 0 aliphatic heterocycles. The number of rotatable bonds is 3. The zero-order valence-corrected chi connectivity index (χ0v) is 12.7. The number of hydrogen-bond donors (Lipinski definition) is 2. The quantitative estimate of drug-likeness (QED) is 0.903. The lowest BCUT2D eigenvalue weighted by Crippen LogP contribution is -2.43. The highest BCUT2D eigenvalue weighted by Crippen LogP contribution is 2.16. The Morgan fingerprint density at radius 3 is 2.89 bits per heavy atom. The van der Waals surface area contributed by atoms with Crippen LogP contribution in [0.15, 0.2) is 23.2 Å². The molecule has 6 nitrogen and oxygen atoms in total. The Balaban J connectivity index is 2.09. The Kier molecular flexibility index (Phi) is 3.75. The van der Waals surface area contributed by atoms with Gasteiger partial charge in [0.05, 0.1) is 6.54 Å². The van der Waals surface area contributed by atoms with Crippen LogP contribution in [-0.4, -0.2) is 32.4 Å². The van der Waals surface area contributed by atoms with E-state index in [1.54, 1.807) is 6.20 Å². The third kappa shape index (κ3) is 3.66. The number of hydrogen-bond acceptors (Lipinski definition) is 4. The van der Waals surface area contributed by atoms with Crippen molar-refractivity contribution < 1.29 is 4.79 Å². The zero-order chi connectivity index (χ0) is 14.0. The van der Waals surface area contributed by atoms with Crippen LogP contribution in [0.3, 0.4) is 0 Å². The Labute approximate surface area is 119 Å². The van der Waals surface area contributed by atoms with Gasteiger partial charge in [0.15, 0.2) is 11.5 Å². The number of carbonyl (C=O) groups is 1. The number of nitrogens with zero attached hydrogens (tertiary/aromatic N) is 3. The highest BCUT2D eigenvalue weighted by Gasteiger charge is 2.14. The van der Waals surface area contributed by atoms with Gasteiger partial charge in [0.25, 0.3) is 0 Å². The smallest absolute Gasteiger partial charge is 0.239 e. The first-order valence-electron chi connectivity index (χ1n) is 5.89. The summed E-state index contributed by atoms with van der Waals surface area (Å²) in [7, 11) is 0. The van der Waals surface area contributed by atoms with Crippen LogP contribution in [0.25, 0.3) is 5.65 Å². The fourth-order valence-electron chi connectivity index (χ4n) is 1.65. The lowest BCUT2D eigenvalue weighted by molar-refractivity contribution is -0.120. The highest BCUT2D eigenvalue weighted by molar-refractivity contribution is 9.10. The van der Waals surface area contributed by atoms with Crippen LogP contribution < -0.4 is 10.6 Å². The first-order chi connectivity index (χ1) is 8.85. The number of amides is 1. The molecule has 0 radical (unpaired) electrons. The molecule has 1 amide bonds. The molecule has 19 heavy (non-hydrogen) atoms. The minimum atomic E-state index is -0.244. The summed E-state index contributed by atoms with van der Waals surface area (Å²) in [5.74, 6) is 0.488. The van der Waals surface area contributed by atoms with Crippen molar-refractivity contribution in [2.75, 3.05) is 11.9 Å². The molecule has 0 saturated heterocycles. The van der Waals surface area contributed by atoms with Gasteiger partial charge in [0, 0.05) is 24.1 Å². The SMILES string of the molecule is CC(C)(C)NC(=O)CNc1nc(Br)cn2ccnc12. The van der Waals surface area contributed by atoms with Gasteiger partial charge < -0.3 is 15.0 Å². The highest BCUT2D eigenvalue weighted by atomic mass is 79.9. The molecule has 2 N–H and O–H groups in total. The van der Waals surface area contributed by atoms with Gasteiger partial charge in [-0.05, 0) is 36.7 Å². The summed E-state index contributed by atoms with van der Waals surface area (Å²) in [6, 6.07) is 0. The van der Waals surface area contributed by atoms with E-state index in [1.807, 2.05) is 37.6 Å². The maximum absolute atomic E-state index is 11.8. The van der Waals surface area contributed by atoms with Crippen molar-refractivity contribution >= 4 is 33.3 Å². The van der Waals surface area contributed by atoms with Crippen LogP contribution in [0.4, 0.5) is 5.82 Å². The number of halogens is 1. The van der Waals surface area contributed by atoms with Gasteiger partial charge in [-0.2, -0.15) is 0 Å². The standard InChI is InChI=1S/C12H16BrN5O/c1-12(2,3)17-9(19)6-15-10-11-14-4-5-18(11)7-8(13)16-10/h4-5,7H,6H2,1-3H3,(H,15,16)(H,17,19). The van der Waals surface area contributed by atoms with Gasteiger partial charge in [0.2, 0.25) is 5.91 Å². The van der Waals surface area contributed by atoms with Gasteiger partial charge >= 0.3 is 0 Å². The Hall–Kier alpha value is -1.63. The molecule has 0 unspecified atom stereocenters. The second-order valence-electron chi connectivity index (χ2n) is 5.22. The van der Waals surface area contributed by atoms with Crippen molar-refractivity contribution in [3.63, 3.8) is 0 Å². The van der Waals surface area contributed by atoms with E-state index < -0.39 is 0 Å². The fourth-order valence-corrected chi connectivity index (χ4v) is 2.04. The summed E-state index contributed by atoms with van der Waals surface area (Å²) >= 11 is 3.32. The molecule has 0 aliphatic rings. The Morgan fingerprint density at radius 1 is 1.47 bits per heavy atom. The monoisotopic (exact) mass is 325 g/mol. The molecule has 0 spiro atoms. The van der Waals surface area contributed by atoms with E-state index in [4.69, 9.17) is 0 Å². The summed E-state index contributed by atoms with van der Waals surface area (Å²) in [5.41, 5.74) is 0.443. The van der Waals surface area contributed by atoms with Gasteiger partial charge in [-0.15, -0.1) is 0 Å². The van der Waals surface area contributed by atoms with Crippen LogP contribution in [0, 0.1) is 0 Å². The number of carbonyl (C=O) groups excluding carboxylic acids is 1. The predicted octanol–water partition coefficient (Wildman–Crippen LogP) is 1.82. The normalized spacial score (nSPS) is 11.6. The molecule has 0 fully saturated rings. The van der Waals surface area contributed by atoms with Crippen molar-refractivity contribution in [3.8, 4) is 0 Å². The van der Waals surface area contributed by atoms with E-state index in [-0.39, 0.29) is 18.0 Å². The van der Waals surface area contributed by atoms with Gasteiger partial charge in [0.1, 0.15) is 4.60 Å². The minimum absolute atomic E-state index is 0.0843. The maximum atomic E-state index is 11.8. The molecule has 2 rings (SSSR count). The fraction of sp³-hybridized carbons (Fsp3) is 0.417. The third-order valence-electron chi connectivity index (χ3n) is 2.28. The van der Waals surface area contributed by atoms with Crippen LogP contribution in [0.1, 0.15) is 20.8 Å². The number of anilines is 1. The molecule has 0 saturated carbocycles. The molecule has 2 heterocycles. The van der Waals surface area contributed by atoms with E-state index in [0.717, 1.165) is 0 Å². The molecule has 102 valence electrons. The van der Waals surface area contributed by atoms with Crippen LogP contribution in [0.5, 0.6) is 0 Å². The summed E-state index contributed by atoms with van der Waals surface area (Å²) < 4.78 is 2.51. The molecule has 2 aromatic rings. The van der Waals surface area contributed by atoms with Crippen molar-refractivity contribution in [1.82, 2.24) is 19.7 Å². The molecule has 0 aromatic carbocycles. The zero-order valence-electron chi connectivity index (χ0n) is 11.1. The van der Waals surface area contributed by atoms with E-state index in [1.165, 1.54) is 0 Å². The third-order valence-corrected chi connectivity index (χ3v) is 2.66. The minimum Gasteiger partial charge on any atom is -0.358 e.